The van der Waals surface area contributed by atoms with Crippen molar-refractivity contribution in [2.45, 2.75) is 70.9 Å². The van der Waals surface area contributed by atoms with Crippen LogP contribution in [0.25, 0.3) is 6.08 Å². The normalized spacial score (nSPS) is 24.9. The zero-order chi connectivity index (χ0) is 26.9. The number of nitrogens with zero attached hydrogens (tertiary/aromatic N) is 3. The number of carbonyl (C=O) groups is 1. The first-order valence-corrected chi connectivity index (χ1v) is 14.6. The Kier molecular flexibility index (Phi) is 7.87. The average molecular weight is 534 g/mol. The number of rotatable bonds is 7. The number of amides is 1. The molecule has 7 heteroatoms. The van der Waals surface area contributed by atoms with Crippen LogP contribution in [0.4, 0.5) is 11.4 Å². The molecule has 2 saturated heterocycles. The lowest BCUT2D eigenvalue weighted by Crippen LogP contribution is -2.48. The average Bonchev–Trinajstić information content (AvgIpc) is 3.51. The Labute approximate surface area is 231 Å². The van der Waals surface area contributed by atoms with Gasteiger partial charge in [-0.25, -0.2) is 4.99 Å². The Bertz CT molecular complexity index is 1230. The van der Waals surface area contributed by atoms with Gasteiger partial charge in [-0.2, -0.15) is 0 Å². The van der Waals surface area contributed by atoms with Crippen LogP contribution in [0.2, 0.25) is 0 Å². The Morgan fingerprint density at radius 2 is 2.03 bits per heavy atom. The van der Waals surface area contributed by atoms with Gasteiger partial charge < -0.3 is 14.4 Å². The Hall–Kier alpha value is -2.77. The minimum absolute atomic E-state index is 0.0262. The van der Waals surface area contributed by atoms with Crippen LogP contribution in [0.5, 0.6) is 5.75 Å². The predicted molar refractivity (Wildman–Crippen MR) is 158 cm³/mol. The summed E-state index contributed by atoms with van der Waals surface area (Å²) in [6.07, 6.45) is 6.20. The van der Waals surface area contributed by atoms with Crippen molar-refractivity contribution in [2.24, 2.45) is 4.99 Å². The standard InChI is InChI=1S/C31H39N3O3S/c1-6-14-34-26-18-27(36-5)22(16-25(26)21(2)19-31(34,3)4)17-28-29(35)33(20-24-13-10-15-37-24)30(38-28)32-23-11-8-7-9-12-23/h7-9,11-12,16-18,21,24H,6,10,13-15,19-20H2,1-5H3/b28-17+,32-30?. The molecule has 2 aromatic carbocycles. The SMILES string of the molecule is CCCN1c2cc(OC)c(/C=C3/SC(=Nc4ccccc4)N(CC4CCCO4)C3=O)cc2C(C)CC1(C)C. The quantitative estimate of drug-likeness (QED) is 0.359. The van der Waals surface area contributed by atoms with E-state index in [9.17, 15) is 4.79 Å². The highest BCUT2D eigenvalue weighted by Gasteiger charge is 2.38. The fraction of sp³-hybridized carbons (Fsp3) is 0.484. The molecule has 3 heterocycles. The highest BCUT2D eigenvalue weighted by molar-refractivity contribution is 8.18. The lowest BCUT2D eigenvalue weighted by molar-refractivity contribution is -0.123. The van der Waals surface area contributed by atoms with Gasteiger partial charge >= 0.3 is 0 Å². The molecule has 3 aliphatic heterocycles. The van der Waals surface area contributed by atoms with E-state index < -0.39 is 0 Å². The first-order chi connectivity index (χ1) is 18.3. The van der Waals surface area contributed by atoms with E-state index in [0.29, 0.717) is 22.5 Å². The van der Waals surface area contributed by atoms with Crippen LogP contribution in [-0.4, -0.2) is 54.4 Å². The highest BCUT2D eigenvalue weighted by atomic mass is 32.2. The molecule has 2 fully saturated rings. The number of aliphatic imine (C=N–C) groups is 1. The second-order valence-corrected chi connectivity index (χ2v) is 12.1. The molecule has 202 valence electrons. The number of anilines is 1. The summed E-state index contributed by atoms with van der Waals surface area (Å²) in [6, 6.07) is 14.2. The number of hydrogen-bond acceptors (Lipinski definition) is 6. The molecule has 0 aliphatic carbocycles. The van der Waals surface area contributed by atoms with E-state index in [1.165, 1.54) is 23.0 Å². The maximum absolute atomic E-state index is 13.7. The fourth-order valence-electron chi connectivity index (χ4n) is 5.96. The molecule has 38 heavy (non-hydrogen) atoms. The summed E-state index contributed by atoms with van der Waals surface area (Å²) in [5.74, 6) is 1.17. The molecule has 3 aliphatic rings. The molecular weight excluding hydrogens is 494 g/mol. The number of para-hydroxylation sites is 1. The summed E-state index contributed by atoms with van der Waals surface area (Å²) in [4.78, 5) is 23.5. The summed E-state index contributed by atoms with van der Waals surface area (Å²) in [7, 11) is 1.71. The Morgan fingerprint density at radius 3 is 2.71 bits per heavy atom. The second-order valence-electron chi connectivity index (χ2n) is 11.1. The topological polar surface area (TPSA) is 54.4 Å². The molecule has 2 aromatic rings. The number of hydrogen-bond donors (Lipinski definition) is 0. The lowest BCUT2D eigenvalue weighted by atomic mass is 9.79. The monoisotopic (exact) mass is 533 g/mol. The Balaban J connectivity index is 1.53. The van der Waals surface area contributed by atoms with Crippen molar-refractivity contribution in [3.8, 4) is 5.75 Å². The van der Waals surface area contributed by atoms with E-state index in [2.05, 4.69) is 44.7 Å². The van der Waals surface area contributed by atoms with E-state index in [0.717, 1.165) is 55.8 Å². The minimum atomic E-state index is -0.0262. The van der Waals surface area contributed by atoms with Gasteiger partial charge in [-0.05, 0) is 87.0 Å². The molecule has 0 aromatic heterocycles. The number of amidine groups is 1. The molecule has 0 radical (unpaired) electrons. The number of methoxy groups -OCH3 is 1. The smallest absolute Gasteiger partial charge is 0.266 e. The van der Waals surface area contributed by atoms with Gasteiger partial charge in [0.05, 0.1) is 30.4 Å². The van der Waals surface area contributed by atoms with Crippen molar-refractivity contribution >= 4 is 40.3 Å². The van der Waals surface area contributed by atoms with Gasteiger partial charge in [0, 0.05) is 36.0 Å². The van der Waals surface area contributed by atoms with Crippen molar-refractivity contribution < 1.29 is 14.3 Å². The van der Waals surface area contributed by atoms with Gasteiger partial charge in [0.25, 0.3) is 5.91 Å². The van der Waals surface area contributed by atoms with Crippen molar-refractivity contribution in [1.82, 2.24) is 4.90 Å². The molecule has 2 unspecified atom stereocenters. The minimum Gasteiger partial charge on any atom is -0.496 e. The Morgan fingerprint density at radius 1 is 1.24 bits per heavy atom. The summed E-state index contributed by atoms with van der Waals surface area (Å²) < 4.78 is 11.8. The van der Waals surface area contributed by atoms with Gasteiger partial charge in [0.2, 0.25) is 0 Å². The predicted octanol–water partition coefficient (Wildman–Crippen LogP) is 6.98. The summed E-state index contributed by atoms with van der Waals surface area (Å²) in [5, 5.41) is 0.698. The number of benzene rings is 2. The molecule has 2 atom stereocenters. The van der Waals surface area contributed by atoms with Crippen molar-refractivity contribution in [3.63, 3.8) is 0 Å². The molecule has 0 N–H and O–H groups in total. The molecule has 5 rings (SSSR count). The fourth-order valence-corrected chi connectivity index (χ4v) is 6.96. The zero-order valence-corrected chi connectivity index (χ0v) is 24.0. The molecule has 0 spiro atoms. The van der Waals surface area contributed by atoms with Gasteiger partial charge in [0.1, 0.15) is 5.75 Å². The highest BCUT2D eigenvalue weighted by Crippen LogP contribution is 2.47. The number of ether oxygens (including phenoxy) is 2. The van der Waals surface area contributed by atoms with Gasteiger partial charge in [-0.15, -0.1) is 0 Å². The first kappa shape index (κ1) is 26.8. The van der Waals surface area contributed by atoms with E-state index in [1.54, 1.807) is 12.0 Å². The second kappa shape index (κ2) is 11.1. The number of thioether (sulfide) groups is 1. The van der Waals surface area contributed by atoms with Crippen LogP contribution in [0.1, 0.15) is 70.4 Å². The third kappa shape index (κ3) is 5.36. The summed E-state index contributed by atoms with van der Waals surface area (Å²) in [5.41, 5.74) is 4.40. The van der Waals surface area contributed by atoms with Crippen LogP contribution < -0.4 is 9.64 Å². The molecule has 1 amide bonds. The zero-order valence-electron chi connectivity index (χ0n) is 23.2. The maximum Gasteiger partial charge on any atom is 0.266 e. The van der Waals surface area contributed by atoms with E-state index in [1.807, 2.05) is 36.4 Å². The number of fused-ring (bicyclic) bond motifs is 1. The third-order valence-electron chi connectivity index (χ3n) is 7.75. The van der Waals surface area contributed by atoms with Crippen molar-refractivity contribution in [3.05, 3.63) is 58.5 Å². The maximum atomic E-state index is 13.7. The lowest BCUT2D eigenvalue weighted by Gasteiger charge is -2.47. The van der Waals surface area contributed by atoms with Crippen LogP contribution in [0.3, 0.4) is 0 Å². The van der Waals surface area contributed by atoms with Crippen LogP contribution in [-0.2, 0) is 9.53 Å². The van der Waals surface area contributed by atoms with E-state index in [4.69, 9.17) is 14.5 Å². The van der Waals surface area contributed by atoms with Gasteiger partial charge in [-0.1, -0.05) is 32.0 Å². The summed E-state index contributed by atoms with van der Waals surface area (Å²) in [6.45, 7) is 11.5. The van der Waals surface area contributed by atoms with Gasteiger partial charge in [-0.3, -0.25) is 9.69 Å². The van der Waals surface area contributed by atoms with E-state index in [-0.39, 0.29) is 17.6 Å². The van der Waals surface area contributed by atoms with Gasteiger partial charge in [0.15, 0.2) is 5.17 Å². The van der Waals surface area contributed by atoms with Crippen LogP contribution in [0.15, 0.2) is 52.4 Å². The molecule has 6 nitrogen and oxygen atoms in total. The molecule has 0 bridgehead atoms. The van der Waals surface area contributed by atoms with Crippen LogP contribution >= 0.6 is 11.8 Å². The van der Waals surface area contributed by atoms with E-state index >= 15 is 0 Å². The third-order valence-corrected chi connectivity index (χ3v) is 8.76. The first-order valence-electron chi connectivity index (χ1n) is 13.8. The van der Waals surface area contributed by atoms with Crippen LogP contribution in [0, 0.1) is 0 Å². The molecular formula is C31H39N3O3S. The number of carbonyl (C=O) groups excluding carboxylic acids is 1. The largest absolute Gasteiger partial charge is 0.496 e. The van der Waals surface area contributed by atoms with Crippen molar-refractivity contribution in [1.29, 1.82) is 0 Å². The molecule has 0 saturated carbocycles. The summed E-state index contributed by atoms with van der Waals surface area (Å²) >= 11 is 1.43. The van der Waals surface area contributed by atoms with Crippen molar-refractivity contribution in [2.75, 3.05) is 31.7 Å².